The zero-order valence-corrected chi connectivity index (χ0v) is 9.58. The van der Waals surface area contributed by atoms with E-state index in [-0.39, 0.29) is 24.1 Å². The van der Waals surface area contributed by atoms with Gasteiger partial charge in [-0.05, 0) is 18.6 Å². The van der Waals surface area contributed by atoms with Crippen LogP contribution in [-0.4, -0.2) is 32.8 Å². The largest absolute Gasteiger partial charge is 0.477 e. The van der Waals surface area contributed by atoms with Gasteiger partial charge >= 0.3 is 5.97 Å². The number of carbonyl (C=O) groups excluding carboxylic acids is 2. The van der Waals surface area contributed by atoms with Crippen LogP contribution in [0.25, 0.3) is 0 Å². The van der Waals surface area contributed by atoms with E-state index in [4.69, 9.17) is 5.11 Å². The van der Waals surface area contributed by atoms with Crippen LogP contribution in [0.3, 0.4) is 0 Å². The molecule has 0 bridgehead atoms. The first-order valence-electron chi connectivity index (χ1n) is 5.21. The average molecular weight is 246 g/mol. The molecular weight excluding hydrogens is 236 g/mol. The molecule has 1 aromatic heterocycles. The summed E-state index contributed by atoms with van der Waals surface area (Å²) in [6.07, 6.45) is 2.62. The molecular formula is C12H10N2O4. The third-order valence-electron chi connectivity index (χ3n) is 2.57. The van der Waals surface area contributed by atoms with Gasteiger partial charge in [0.05, 0.1) is 6.54 Å². The van der Waals surface area contributed by atoms with Crippen molar-refractivity contribution in [1.29, 1.82) is 0 Å². The summed E-state index contributed by atoms with van der Waals surface area (Å²) in [6, 6.07) is 2.87. The molecule has 0 atom stereocenters. The predicted molar refractivity (Wildman–Crippen MR) is 60.5 cm³/mol. The Labute approximate surface area is 103 Å². The lowest BCUT2D eigenvalue weighted by atomic mass is 10.2. The molecule has 6 heteroatoms. The van der Waals surface area contributed by atoms with Gasteiger partial charge in [0.15, 0.2) is 0 Å². The van der Waals surface area contributed by atoms with E-state index in [1.54, 1.807) is 6.92 Å². The van der Waals surface area contributed by atoms with Crippen molar-refractivity contribution in [2.45, 2.75) is 13.5 Å². The van der Waals surface area contributed by atoms with Gasteiger partial charge in [0.2, 0.25) is 0 Å². The van der Waals surface area contributed by atoms with E-state index in [0.29, 0.717) is 11.1 Å². The summed E-state index contributed by atoms with van der Waals surface area (Å²) in [5.41, 5.74) is 0.923. The van der Waals surface area contributed by atoms with Crippen LogP contribution in [0.15, 0.2) is 30.0 Å². The first-order chi connectivity index (χ1) is 8.49. The topological polar surface area (TPSA) is 87.6 Å². The molecule has 18 heavy (non-hydrogen) atoms. The Balaban J connectivity index is 2.13. The third kappa shape index (κ3) is 2.13. The van der Waals surface area contributed by atoms with Gasteiger partial charge in [-0.1, -0.05) is 6.07 Å². The van der Waals surface area contributed by atoms with Gasteiger partial charge in [-0.3, -0.25) is 14.5 Å². The van der Waals surface area contributed by atoms with Crippen molar-refractivity contribution < 1.29 is 19.5 Å². The number of carbonyl (C=O) groups is 3. The molecule has 0 fully saturated rings. The average Bonchev–Trinajstić information content (AvgIpc) is 2.57. The summed E-state index contributed by atoms with van der Waals surface area (Å²) in [6.45, 7) is 1.67. The van der Waals surface area contributed by atoms with Crippen LogP contribution >= 0.6 is 0 Å². The van der Waals surface area contributed by atoms with E-state index in [9.17, 15) is 14.4 Å². The maximum Gasteiger partial charge on any atom is 0.354 e. The number of amides is 2. The molecule has 1 aliphatic heterocycles. The number of hydrogen-bond acceptors (Lipinski definition) is 4. The Hall–Kier alpha value is -2.50. The number of carboxylic acids is 1. The first kappa shape index (κ1) is 12.0. The summed E-state index contributed by atoms with van der Waals surface area (Å²) >= 11 is 0. The zero-order chi connectivity index (χ0) is 13.3. The number of aromatic nitrogens is 1. The van der Waals surface area contributed by atoms with E-state index < -0.39 is 5.97 Å². The second kappa shape index (κ2) is 4.40. The number of rotatable bonds is 3. The van der Waals surface area contributed by atoms with Gasteiger partial charge < -0.3 is 5.11 Å². The van der Waals surface area contributed by atoms with E-state index in [1.165, 1.54) is 24.4 Å². The maximum absolute atomic E-state index is 11.6. The Kier molecular flexibility index (Phi) is 2.93. The molecule has 2 heterocycles. The van der Waals surface area contributed by atoms with Crippen molar-refractivity contribution in [3.8, 4) is 0 Å². The Morgan fingerprint density at radius 2 is 2.11 bits per heavy atom. The molecule has 92 valence electrons. The van der Waals surface area contributed by atoms with Gasteiger partial charge in [-0.2, -0.15) is 0 Å². The molecule has 1 N–H and O–H groups in total. The molecule has 0 saturated heterocycles. The summed E-state index contributed by atoms with van der Waals surface area (Å²) in [5.74, 6) is -1.81. The van der Waals surface area contributed by atoms with Crippen LogP contribution < -0.4 is 0 Å². The third-order valence-corrected chi connectivity index (χ3v) is 2.57. The van der Waals surface area contributed by atoms with Crippen molar-refractivity contribution in [1.82, 2.24) is 9.88 Å². The molecule has 6 nitrogen and oxygen atoms in total. The highest BCUT2D eigenvalue weighted by Gasteiger charge is 2.28. The van der Waals surface area contributed by atoms with Gasteiger partial charge in [0, 0.05) is 17.8 Å². The lowest BCUT2D eigenvalue weighted by Gasteiger charge is -2.14. The number of imide groups is 1. The van der Waals surface area contributed by atoms with Gasteiger partial charge in [0.25, 0.3) is 11.8 Å². The normalized spacial score (nSPS) is 14.9. The first-order valence-corrected chi connectivity index (χ1v) is 5.21. The summed E-state index contributed by atoms with van der Waals surface area (Å²) in [5, 5.41) is 8.69. The monoisotopic (exact) mass is 246 g/mol. The minimum atomic E-state index is -1.12. The van der Waals surface area contributed by atoms with E-state index in [1.807, 2.05) is 0 Å². The van der Waals surface area contributed by atoms with Gasteiger partial charge in [-0.15, -0.1) is 0 Å². The standard InChI is InChI=1S/C12H10N2O4/c1-7-4-10(15)14(11(7)16)6-8-2-3-9(12(17)18)13-5-8/h2-5H,6H2,1H3,(H,17,18). The van der Waals surface area contributed by atoms with Crippen LogP contribution in [0, 0.1) is 0 Å². The van der Waals surface area contributed by atoms with E-state index in [0.717, 1.165) is 4.90 Å². The maximum atomic E-state index is 11.6. The number of pyridine rings is 1. The molecule has 0 spiro atoms. The van der Waals surface area contributed by atoms with Crippen LogP contribution in [-0.2, 0) is 16.1 Å². The Morgan fingerprint density at radius 3 is 2.56 bits per heavy atom. The lowest BCUT2D eigenvalue weighted by Crippen LogP contribution is -2.30. The van der Waals surface area contributed by atoms with Crippen molar-refractivity contribution >= 4 is 17.8 Å². The van der Waals surface area contributed by atoms with Gasteiger partial charge in [-0.25, -0.2) is 9.78 Å². The highest BCUT2D eigenvalue weighted by molar-refractivity contribution is 6.15. The van der Waals surface area contributed by atoms with Crippen LogP contribution in [0.2, 0.25) is 0 Å². The Morgan fingerprint density at radius 1 is 1.39 bits per heavy atom. The predicted octanol–water partition coefficient (Wildman–Crippen LogP) is 0.595. The molecule has 2 rings (SSSR count). The minimum absolute atomic E-state index is 0.0767. The second-order valence-corrected chi connectivity index (χ2v) is 3.91. The molecule has 0 aliphatic carbocycles. The van der Waals surface area contributed by atoms with Crippen LogP contribution in [0.5, 0.6) is 0 Å². The summed E-state index contributed by atoms with van der Waals surface area (Å²) in [4.78, 5) is 38.5. The molecule has 1 aliphatic rings. The van der Waals surface area contributed by atoms with E-state index >= 15 is 0 Å². The molecule has 0 aromatic carbocycles. The van der Waals surface area contributed by atoms with Crippen molar-refractivity contribution in [2.24, 2.45) is 0 Å². The summed E-state index contributed by atoms with van der Waals surface area (Å²) < 4.78 is 0. The molecule has 0 radical (unpaired) electrons. The van der Waals surface area contributed by atoms with Crippen LogP contribution in [0.1, 0.15) is 23.0 Å². The molecule has 0 unspecified atom stereocenters. The molecule has 1 aromatic rings. The fourth-order valence-corrected chi connectivity index (χ4v) is 1.61. The lowest BCUT2D eigenvalue weighted by molar-refractivity contribution is -0.137. The number of hydrogen-bond donors (Lipinski definition) is 1. The fraction of sp³-hybridized carbons (Fsp3) is 0.167. The van der Waals surface area contributed by atoms with Crippen LogP contribution in [0.4, 0.5) is 0 Å². The van der Waals surface area contributed by atoms with Crippen molar-refractivity contribution in [3.05, 3.63) is 41.2 Å². The van der Waals surface area contributed by atoms with E-state index in [2.05, 4.69) is 4.98 Å². The number of nitrogens with zero attached hydrogens (tertiary/aromatic N) is 2. The Bertz CT molecular complexity index is 560. The van der Waals surface area contributed by atoms with Crippen molar-refractivity contribution in [2.75, 3.05) is 0 Å². The number of carboxylic acid groups (broad SMARTS) is 1. The molecule has 0 saturated carbocycles. The zero-order valence-electron chi connectivity index (χ0n) is 9.58. The fourth-order valence-electron chi connectivity index (χ4n) is 1.61. The minimum Gasteiger partial charge on any atom is -0.477 e. The van der Waals surface area contributed by atoms with Gasteiger partial charge in [0.1, 0.15) is 5.69 Å². The second-order valence-electron chi connectivity index (χ2n) is 3.91. The van der Waals surface area contributed by atoms with Crippen molar-refractivity contribution in [3.63, 3.8) is 0 Å². The quantitative estimate of drug-likeness (QED) is 0.789. The SMILES string of the molecule is CC1=CC(=O)N(Cc2ccc(C(=O)O)nc2)C1=O. The molecule has 2 amide bonds. The highest BCUT2D eigenvalue weighted by Crippen LogP contribution is 2.15. The summed E-state index contributed by atoms with van der Waals surface area (Å²) in [7, 11) is 0. The number of aromatic carboxylic acids is 1. The smallest absolute Gasteiger partial charge is 0.354 e. The highest BCUT2D eigenvalue weighted by atomic mass is 16.4.